The van der Waals surface area contributed by atoms with E-state index in [0.29, 0.717) is 0 Å². The summed E-state index contributed by atoms with van der Waals surface area (Å²) in [5.74, 6) is 0.514. The number of hydrogen-bond acceptors (Lipinski definition) is 6. The lowest BCUT2D eigenvalue weighted by Gasteiger charge is -2.41. The zero-order valence-electron chi connectivity index (χ0n) is 47.5. The second-order valence-electron chi connectivity index (χ2n) is 25.0. The van der Waals surface area contributed by atoms with Crippen molar-refractivity contribution in [1.29, 1.82) is 0 Å². The highest BCUT2D eigenvalue weighted by Gasteiger charge is 2.51. The molecule has 388 valence electrons. The van der Waals surface area contributed by atoms with Gasteiger partial charge in [-0.25, -0.2) is 0 Å². The van der Waals surface area contributed by atoms with E-state index in [0.717, 1.165) is 44.2 Å². The van der Waals surface area contributed by atoms with Gasteiger partial charge in [-0.2, -0.15) is 0 Å². The summed E-state index contributed by atoms with van der Waals surface area (Å²) in [6, 6.07) is 52.5. The minimum absolute atomic E-state index is 0.146. The third-order valence-corrected chi connectivity index (χ3v) is 17.6. The zero-order chi connectivity index (χ0) is 54.6. The molecule has 2 N–H and O–H groups in total. The van der Waals surface area contributed by atoms with E-state index in [9.17, 15) is 10.2 Å². The van der Waals surface area contributed by atoms with E-state index in [1.807, 2.05) is 27.7 Å². The molecular formula is C66H79B3O6. The maximum Gasteiger partial charge on any atom is 0.494 e. The topological polar surface area (TPSA) is 77.4 Å². The van der Waals surface area contributed by atoms with Crippen molar-refractivity contribution in [2.24, 2.45) is 11.8 Å². The fourth-order valence-corrected chi connectivity index (χ4v) is 9.87. The van der Waals surface area contributed by atoms with Crippen molar-refractivity contribution < 1.29 is 28.8 Å². The van der Waals surface area contributed by atoms with E-state index in [4.69, 9.17) is 18.6 Å². The Hall–Kier alpha value is -5.25. The molecule has 2 radical (unpaired) electrons. The lowest BCUT2D eigenvalue weighted by molar-refractivity contribution is -0.0893. The van der Waals surface area contributed by atoms with Crippen molar-refractivity contribution in [2.45, 2.75) is 155 Å². The molecule has 1 saturated heterocycles. The highest BCUT2D eigenvalue weighted by molar-refractivity contribution is 6.62. The van der Waals surface area contributed by atoms with E-state index in [1.165, 1.54) is 27.8 Å². The average molecular weight is 1000 g/mol. The maximum atomic E-state index is 10.6. The quantitative estimate of drug-likeness (QED) is 0.0887. The van der Waals surface area contributed by atoms with Crippen LogP contribution in [0.15, 0.2) is 169 Å². The average Bonchev–Trinajstić information content (AvgIpc) is 3.59. The summed E-state index contributed by atoms with van der Waals surface area (Å²) in [6.07, 6.45) is 7.35. The third kappa shape index (κ3) is 11.6. The molecule has 0 bridgehead atoms. The SMILES string of the molecule is CC1C=C(C(C)(c2ccc(-c3ccc([B]OC(C)(C)C(C)(C)O)cc3)cc2)c2ccc(-c3ccc([B]OC(C)(C)C(C)(C)O)cc3)cc2)C=CC1C(C)(C)c1ccc(-c2ccc(B3OC(C)(C)C(C)(C)O3)cc2)cc1. The van der Waals surface area contributed by atoms with Crippen LogP contribution in [-0.4, -0.2) is 65.9 Å². The van der Waals surface area contributed by atoms with E-state index in [2.05, 4.69) is 219 Å². The van der Waals surface area contributed by atoms with Crippen molar-refractivity contribution >= 4 is 38.5 Å². The van der Waals surface area contributed by atoms with Crippen LogP contribution in [0, 0.1) is 11.8 Å². The van der Waals surface area contributed by atoms with Gasteiger partial charge in [0.15, 0.2) is 0 Å². The van der Waals surface area contributed by atoms with E-state index >= 15 is 0 Å². The predicted molar refractivity (Wildman–Crippen MR) is 314 cm³/mol. The smallest absolute Gasteiger partial charge is 0.427 e. The minimum Gasteiger partial charge on any atom is -0.427 e. The van der Waals surface area contributed by atoms with Crippen molar-refractivity contribution in [3.63, 3.8) is 0 Å². The Labute approximate surface area is 451 Å². The predicted octanol–water partition coefficient (Wildman–Crippen LogP) is 12.6. The first-order valence-corrected chi connectivity index (χ1v) is 26.8. The zero-order valence-corrected chi connectivity index (χ0v) is 47.5. The van der Waals surface area contributed by atoms with Gasteiger partial charge in [0.25, 0.3) is 0 Å². The molecule has 6 nitrogen and oxygen atoms in total. The Kier molecular flexibility index (Phi) is 15.4. The summed E-state index contributed by atoms with van der Waals surface area (Å²) in [5.41, 5.74) is 9.84. The Morgan fingerprint density at radius 1 is 0.467 bits per heavy atom. The fourth-order valence-electron chi connectivity index (χ4n) is 9.87. The molecule has 9 heteroatoms. The molecule has 0 aromatic heterocycles. The Bertz CT molecular complexity index is 2840. The largest absolute Gasteiger partial charge is 0.494 e. The van der Waals surface area contributed by atoms with E-state index < -0.39 is 27.8 Å². The van der Waals surface area contributed by atoms with Crippen LogP contribution in [0.2, 0.25) is 0 Å². The monoisotopic (exact) mass is 1000 g/mol. The van der Waals surface area contributed by atoms with Crippen molar-refractivity contribution in [1.82, 2.24) is 0 Å². The van der Waals surface area contributed by atoms with Crippen LogP contribution < -0.4 is 16.4 Å². The highest BCUT2D eigenvalue weighted by atomic mass is 16.7. The molecule has 0 spiro atoms. The second kappa shape index (κ2) is 20.6. The van der Waals surface area contributed by atoms with Gasteiger partial charge in [-0.05, 0) is 168 Å². The summed E-state index contributed by atoms with van der Waals surface area (Å²) in [5, 5.41) is 21.2. The number of aliphatic hydroxyl groups is 2. The molecule has 2 atom stereocenters. The first kappa shape index (κ1) is 56.0. The molecule has 6 aromatic rings. The van der Waals surface area contributed by atoms with Crippen LogP contribution in [0.5, 0.6) is 0 Å². The molecule has 1 heterocycles. The number of hydrogen-bond donors (Lipinski definition) is 2. The highest BCUT2D eigenvalue weighted by Crippen LogP contribution is 2.47. The third-order valence-electron chi connectivity index (χ3n) is 17.6. The summed E-state index contributed by atoms with van der Waals surface area (Å²) >= 11 is 0. The van der Waals surface area contributed by atoms with Crippen LogP contribution in [0.25, 0.3) is 33.4 Å². The normalized spacial score (nSPS) is 18.2. The molecule has 0 saturated carbocycles. The van der Waals surface area contributed by atoms with Gasteiger partial charge in [0, 0.05) is 5.41 Å². The van der Waals surface area contributed by atoms with Gasteiger partial charge in [0.05, 0.1) is 33.6 Å². The van der Waals surface area contributed by atoms with Crippen molar-refractivity contribution in [3.05, 3.63) is 186 Å². The van der Waals surface area contributed by atoms with Gasteiger partial charge in [-0.1, -0.05) is 196 Å². The molecule has 1 aliphatic heterocycles. The molecule has 2 aliphatic rings. The van der Waals surface area contributed by atoms with Crippen LogP contribution in [0.4, 0.5) is 0 Å². The first-order valence-electron chi connectivity index (χ1n) is 26.8. The number of allylic oxidation sites excluding steroid dienone is 4. The molecule has 6 aromatic carbocycles. The molecule has 1 fully saturated rings. The van der Waals surface area contributed by atoms with Crippen molar-refractivity contribution in [2.75, 3.05) is 0 Å². The molecule has 0 amide bonds. The maximum absolute atomic E-state index is 10.6. The molecule has 2 unspecified atom stereocenters. The summed E-state index contributed by atoms with van der Waals surface area (Å²) in [4.78, 5) is 0. The van der Waals surface area contributed by atoms with Crippen LogP contribution in [-0.2, 0) is 29.4 Å². The Morgan fingerprint density at radius 2 is 0.787 bits per heavy atom. The summed E-state index contributed by atoms with van der Waals surface area (Å²) < 4.78 is 24.7. The van der Waals surface area contributed by atoms with Gasteiger partial charge >= 0.3 is 22.1 Å². The fraction of sp³-hybridized carbons (Fsp3) is 0.394. The molecular weight excluding hydrogens is 921 g/mol. The van der Waals surface area contributed by atoms with Crippen LogP contribution in [0.3, 0.4) is 0 Å². The van der Waals surface area contributed by atoms with Gasteiger partial charge in [-0.3, -0.25) is 0 Å². The minimum atomic E-state index is -0.998. The van der Waals surface area contributed by atoms with Gasteiger partial charge in [0.1, 0.15) is 0 Å². The first-order chi connectivity index (χ1) is 34.9. The second-order valence-corrected chi connectivity index (χ2v) is 25.0. The van der Waals surface area contributed by atoms with Gasteiger partial charge < -0.3 is 28.8 Å². The number of rotatable bonds is 17. The Morgan fingerprint density at radius 3 is 1.12 bits per heavy atom. The lowest BCUT2D eigenvalue weighted by Crippen LogP contribution is -2.49. The van der Waals surface area contributed by atoms with Crippen LogP contribution in [0.1, 0.15) is 127 Å². The standard InChI is InChI=1S/C66H79B3O6/c1-44-43-54(35-42-58(44)59(2,3)51-29-17-45(18-30-51)50-27-40-57(41-28-50)69-74-64(12,13)65(14,15)75-69)66(16,52-31-19-46(20-32-52)48-23-36-55(37-24-48)67-72-62(8,9)60(4,5)70)53-33-21-47(22-34-53)49-25-38-56(39-26-49)68-73-63(10,11)61(6,7)71/h17-44,58,70-71H,1-16H3. The van der Waals surface area contributed by atoms with Gasteiger partial charge in [0.2, 0.25) is 0 Å². The summed E-state index contributed by atoms with van der Waals surface area (Å²) in [7, 11) is 3.07. The van der Waals surface area contributed by atoms with Crippen molar-refractivity contribution in [3.8, 4) is 33.4 Å². The van der Waals surface area contributed by atoms with Gasteiger partial charge in [-0.15, -0.1) is 0 Å². The molecule has 8 rings (SSSR count). The summed E-state index contributed by atoms with van der Waals surface area (Å²) in [6.45, 7) is 32.5. The van der Waals surface area contributed by atoms with E-state index in [1.54, 1.807) is 42.7 Å². The van der Waals surface area contributed by atoms with E-state index in [-0.39, 0.29) is 35.6 Å². The Balaban J connectivity index is 1.04. The number of benzene rings is 6. The lowest BCUT2D eigenvalue weighted by atomic mass is 9.62. The van der Waals surface area contributed by atoms with Crippen LogP contribution >= 0.6 is 0 Å². The molecule has 75 heavy (non-hydrogen) atoms. The molecule has 1 aliphatic carbocycles.